The summed E-state index contributed by atoms with van der Waals surface area (Å²) in [5, 5.41) is 17.6. The lowest BCUT2D eigenvalue weighted by Crippen LogP contribution is -2.17. The van der Waals surface area contributed by atoms with Gasteiger partial charge in [-0.25, -0.2) is 0 Å². The second-order valence-electron chi connectivity index (χ2n) is 3.15. The van der Waals surface area contributed by atoms with Gasteiger partial charge in [0, 0.05) is 16.8 Å². The van der Waals surface area contributed by atoms with Crippen molar-refractivity contribution < 1.29 is 10.2 Å². The number of aliphatic hydroxyl groups is 2. The van der Waals surface area contributed by atoms with Gasteiger partial charge in [-0.1, -0.05) is 37.2 Å². The van der Waals surface area contributed by atoms with Gasteiger partial charge < -0.3 is 10.2 Å². The van der Waals surface area contributed by atoms with Gasteiger partial charge in [-0.2, -0.15) is 0 Å². The Kier molecular flexibility index (Phi) is 21.9. The molecule has 0 saturated heterocycles. The molecule has 2 atom stereocenters. The molecule has 2 N–H and O–H groups in total. The van der Waals surface area contributed by atoms with Crippen LogP contribution in [0.5, 0.6) is 0 Å². The van der Waals surface area contributed by atoms with E-state index in [2.05, 4.69) is 0 Å². The van der Waals surface area contributed by atoms with Crippen LogP contribution in [-0.4, -0.2) is 34.2 Å². The molecule has 5 heteroatoms. The first-order chi connectivity index (χ1) is 7.95. The SMILES string of the molecule is C.CC(O)C(C)O.ClCCCl.Clc1ccccc1. The molecule has 0 aliphatic carbocycles. The third kappa shape index (κ3) is 21.3. The van der Waals surface area contributed by atoms with E-state index in [1.807, 2.05) is 30.3 Å². The van der Waals surface area contributed by atoms with Crippen LogP contribution in [0.3, 0.4) is 0 Å². The summed E-state index contributed by atoms with van der Waals surface area (Å²) in [4.78, 5) is 0. The summed E-state index contributed by atoms with van der Waals surface area (Å²) in [6.07, 6.45) is -1.19. The van der Waals surface area contributed by atoms with Crippen LogP contribution in [0.2, 0.25) is 5.02 Å². The third-order valence-corrected chi connectivity index (χ3v) is 2.33. The quantitative estimate of drug-likeness (QED) is 0.803. The molecule has 18 heavy (non-hydrogen) atoms. The molecule has 0 saturated carbocycles. The summed E-state index contributed by atoms with van der Waals surface area (Å²) >= 11 is 15.6. The first-order valence-electron chi connectivity index (χ1n) is 5.14. The average Bonchev–Trinajstić information content (AvgIpc) is 2.31. The Balaban J connectivity index is -0.000000190. The maximum atomic E-state index is 8.38. The number of hydrogen-bond donors (Lipinski definition) is 2. The molecule has 1 aromatic carbocycles. The highest BCUT2D eigenvalue weighted by Gasteiger charge is 1.99. The summed E-state index contributed by atoms with van der Waals surface area (Å²) in [6.45, 7) is 3.09. The van der Waals surface area contributed by atoms with Crippen LogP contribution < -0.4 is 0 Å². The van der Waals surface area contributed by atoms with Crippen LogP contribution in [-0.2, 0) is 0 Å². The molecule has 0 fully saturated rings. The van der Waals surface area contributed by atoms with Gasteiger partial charge in [0.05, 0.1) is 12.2 Å². The largest absolute Gasteiger partial charge is 0.391 e. The Labute approximate surface area is 126 Å². The molecular weight excluding hydrogens is 295 g/mol. The molecule has 2 nitrogen and oxygen atoms in total. The summed E-state index contributed by atoms with van der Waals surface area (Å²) in [5.41, 5.74) is 0. The predicted octanol–water partition coefficient (Wildman–Crippen LogP) is 4.19. The van der Waals surface area contributed by atoms with Crippen LogP contribution in [0.4, 0.5) is 0 Å². The Morgan fingerprint density at radius 2 is 1.28 bits per heavy atom. The molecule has 0 bridgehead atoms. The van der Waals surface area contributed by atoms with Gasteiger partial charge in [-0.3, -0.25) is 0 Å². The highest BCUT2D eigenvalue weighted by molar-refractivity contribution is 6.30. The van der Waals surface area contributed by atoms with Gasteiger partial charge in [-0.15, -0.1) is 23.2 Å². The number of benzene rings is 1. The molecule has 0 heterocycles. The van der Waals surface area contributed by atoms with E-state index in [-0.39, 0.29) is 7.43 Å². The molecule has 1 aromatic rings. The molecule has 0 amide bonds. The highest BCUT2D eigenvalue weighted by atomic mass is 35.5. The number of aliphatic hydroxyl groups excluding tert-OH is 2. The standard InChI is InChI=1S/C6H5Cl.C4H10O2.C2H4Cl2.CH4/c7-6-4-2-1-3-5-6;1-3(5)4(2)6;3-1-2-4;/h1-5H;3-6H,1-2H3;1-2H2;1H4. The number of halogens is 3. The second-order valence-corrected chi connectivity index (χ2v) is 4.35. The van der Waals surface area contributed by atoms with E-state index in [1.165, 1.54) is 0 Å². The molecule has 0 aromatic heterocycles. The summed E-state index contributed by atoms with van der Waals surface area (Å²) in [6, 6.07) is 9.44. The molecule has 2 unspecified atom stereocenters. The second kappa shape index (κ2) is 17.0. The molecule has 0 spiro atoms. The first kappa shape index (κ1) is 23.1. The Morgan fingerprint density at radius 1 is 0.944 bits per heavy atom. The van der Waals surface area contributed by atoms with Crippen molar-refractivity contribution in [3.8, 4) is 0 Å². The number of rotatable bonds is 2. The third-order valence-electron chi connectivity index (χ3n) is 1.50. The zero-order chi connectivity index (χ0) is 13.7. The topological polar surface area (TPSA) is 40.5 Å². The fraction of sp³-hybridized carbons (Fsp3) is 0.538. The van der Waals surface area contributed by atoms with E-state index in [4.69, 9.17) is 45.0 Å². The summed E-state index contributed by atoms with van der Waals surface area (Å²) in [7, 11) is 0. The molecular formula is C13H23Cl3O2. The van der Waals surface area contributed by atoms with Crippen molar-refractivity contribution in [1.29, 1.82) is 0 Å². The van der Waals surface area contributed by atoms with Gasteiger partial charge in [0.25, 0.3) is 0 Å². The first-order valence-corrected chi connectivity index (χ1v) is 6.59. The Bertz CT molecular complexity index is 233. The average molecular weight is 318 g/mol. The molecule has 1 rings (SSSR count). The van der Waals surface area contributed by atoms with E-state index >= 15 is 0 Å². The van der Waals surface area contributed by atoms with Gasteiger partial charge in [0.2, 0.25) is 0 Å². The minimum Gasteiger partial charge on any atom is -0.391 e. The van der Waals surface area contributed by atoms with Crippen molar-refractivity contribution in [1.82, 2.24) is 0 Å². The van der Waals surface area contributed by atoms with Crippen molar-refractivity contribution in [2.45, 2.75) is 33.5 Å². The van der Waals surface area contributed by atoms with E-state index in [0.29, 0.717) is 11.8 Å². The lowest BCUT2D eigenvalue weighted by molar-refractivity contribution is 0.0438. The maximum absolute atomic E-state index is 8.38. The normalized spacial score (nSPS) is 11.7. The Morgan fingerprint density at radius 3 is 1.39 bits per heavy atom. The zero-order valence-electron chi connectivity index (χ0n) is 9.98. The van der Waals surface area contributed by atoms with E-state index in [0.717, 1.165) is 5.02 Å². The monoisotopic (exact) mass is 316 g/mol. The van der Waals surface area contributed by atoms with Gasteiger partial charge in [0.15, 0.2) is 0 Å². The lowest BCUT2D eigenvalue weighted by Gasteiger charge is -2.03. The highest BCUT2D eigenvalue weighted by Crippen LogP contribution is 2.03. The van der Waals surface area contributed by atoms with Crippen molar-refractivity contribution in [2.24, 2.45) is 0 Å². The van der Waals surface area contributed by atoms with E-state index in [1.54, 1.807) is 13.8 Å². The van der Waals surface area contributed by atoms with Crippen molar-refractivity contribution in [2.75, 3.05) is 11.8 Å². The van der Waals surface area contributed by atoms with Gasteiger partial charge in [0.1, 0.15) is 0 Å². The van der Waals surface area contributed by atoms with Crippen LogP contribution in [0.15, 0.2) is 30.3 Å². The van der Waals surface area contributed by atoms with Crippen LogP contribution >= 0.6 is 34.8 Å². The van der Waals surface area contributed by atoms with E-state index < -0.39 is 12.2 Å². The molecule has 0 radical (unpaired) electrons. The van der Waals surface area contributed by atoms with Crippen molar-refractivity contribution >= 4 is 34.8 Å². The summed E-state index contributed by atoms with van der Waals surface area (Å²) < 4.78 is 0. The van der Waals surface area contributed by atoms with Crippen molar-refractivity contribution in [3.63, 3.8) is 0 Å². The van der Waals surface area contributed by atoms with E-state index in [9.17, 15) is 0 Å². The lowest BCUT2D eigenvalue weighted by atomic mass is 10.3. The molecule has 108 valence electrons. The smallest absolute Gasteiger partial charge is 0.0768 e. The van der Waals surface area contributed by atoms with Crippen LogP contribution in [0.1, 0.15) is 21.3 Å². The number of alkyl halides is 2. The Hall–Kier alpha value is 0.01000. The fourth-order valence-corrected chi connectivity index (χ4v) is 0.560. The van der Waals surface area contributed by atoms with Gasteiger partial charge >= 0.3 is 0 Å². The van der Waals surface area contributed by atoms with Crippen LogP contribution in [0, 0.1) is 0 Å². The molecule has 0 aliphatic heterocycles. The minimum absolute atomic E-state index is 0. The minimum atomic E-state index is -0.593. The summed E-state index contributed by atoms with van der Waals surface area (Å²) in [5.74, 6) is 1.11. The maximum Gasteiger partial charge on any atom is 0.0768 e. The zero-order valence-corrected chi connectivity index (χ0v) is 12.3. The van der Waals surface area contributed by atoms with Crippen LogP contribution in [0.25, 0.3) is 0 Å². The fourth-order valence-electron chi connectivity index (χ4n) is 0.415. The number of hydrogen-bond acceptors (Lipinski definition) is 2. The predicted molar refractivity (Wildman–Crippen MR) is 83.0 cm³/mol. The molecule has 0 aliphatic rings. The van der Waals surface area contributed by atoms with Crippen molar-refractivity contribution in [3.05, 3.63) is 35.4 Å². The van der Waals surface area contributed by atoms with Gasteiger partial charge in [-0.05, 0) is 26.0 Å².